The highest BCUT2D eigenvalue weighted by Crippen LogP contribution is 2.35. The van der Waals surface area contributed by atoms with Crippen LogP contribution in [0.25, 0.3) is 16.8 Å². The molecule has 3 heterocycles. The van der Waals surface area contributed by atoms with Crippen molar-refractivity contribution in [1.82, 2.24) is 18.8 Å². The van der Waals surface area contributed by atoms with E-state index >= 15 is 4.39 Å². The summed E-state index contributed by atoms with van der Waals surface area (Å²) in [6.07, 6.45) is 2.99. The molecule has 0 saturated carbocycles. The number of pyridine rings is 1. The SMILES string of the molecule is COc1cc(-c2cc(F)cc(Cl)c2)c(F)cc1-n1c2c(ccc1=O)CN(S(=O)(=O)Nc1ncccn1)CC2. The zero-order chi connectivity index (χ0) is 27.0. The Bertz CT molecular complexity index is 1680. The van der Waals surface area contributed by atoms with E-state index < -0.39 is 27.4 Å². The number of halogens is 3. The second kappa shape index (κ2) is 10.1. The summed E-state index contributed by atoms with van der Waals surface area (Å²) in [5.74, 6) is -1.26. The first-order valence-corrected chi connectivity index (χ1v) is 13.1. The molecule has 0 radical (unpaired) electrons. The molecule has 9 nitrogen and oxygen atoms in total. The summed E-state index contributed by atoms with van der Waals surface area (Å²) in [4.78, 5) is 20.8. The van der Waals surface area contributed by atoms with Crippen LogP contribution in [0.4, 0.5) is 14.7 Å². The quantitative estimate of drug-likeness (QED) is 0.383. The van der Waals surface area contributed by atoms with E-state index in [1.165, 1.54) is 46.6 Å². The van der Waals surface area contributed by atoms with Crippen LogP contribution in [-0.4, -0.2) is 40.9 Å². The van der Waals surface area contributed by atoms with E-state index in [0.717, 1.165) is 18.2 Å². The van der Waals surface area contributed by atoms with Crippen LogP contribution in [0.2, 0.25) is 5.02 Å². The van der Waals surface area contributed by atoms with Gasteiger partial charge in [0.15, 0.2) is 0 Å². The average Bonchev–Trinajstić information content (AvgIpc) is 2.88. The first-order chi connectivity index (χ1) is 18.2. The molecule has 196 valence electrons. The standard InChI is InChI=1S/C25H20ClF2N5O4S/c1-37-23-12-19(16-9-17(26)11-18(27)10-16)20(28)13-22(23)33-21-5-8-32(14-15(21)3-4-24(33)34)38(35,36)31-25-29-6-2-7-30-25/h2-4,6-7,9-13H,5,8,14H2,1H3,(H,29,30,31). The minimum absolute atomic E-state index is 0.0383. The number of anilines is 1. The second-order valence-electron chi connectivity index (χ2n) is 8.40. The van der Waals surface area contributed by atoms with Gasteiger partial charge in [0.25, 0.3) is 5.56 Å². The lowest BCUT2D eigenvalue weighted by Gasteiger charge is -2.30. The maximum atomic E-state index is 15.3. The molecule has 4 aromatic rings. The third-order valence-electron chi connectivity index (χ3n) is 6.04. The van der Waals surface area contributed by atoms with Crippen LogP contribution in [0.3, 0.4) is 0 Å². The molecule has 5 rings (SSSR count). The van der Waals surface area contributed by atoms with Gasteiger partial charge in [-0.15, -0.1) is 0 Å². The summed E-state index contributed by atoms with van der Waals surface area (Å²) in [5.41, 5.74) is 0.991. The van der Waals surface area contributed by atoms with Crippen molar-refractivity contribution in [1.29, 1.82) is 0 Å². The van der Waals surface area contributed by atoms with Gasteiger partial charge in [-0.2, -0.15) is 12.7 Å². The molecule has 0 atom stereocenters. The van der Waals surface area contributed by atoms with Crippen molar-refractivity contribution in [2.75, 3.05) is 18.4 Å². The number of hydrogen-bond donors (Lipinski definition) is 1. The average molecular weight is 560 g/mol. The number of hydrogen-bond acceptors (Lipinski definition) is 6. The fourth-order valence-corrected chi connectivity index (χ4v) is 5.68. The summed E-state index contributed by atoms with van der Waals surface area (Å²) in [6.45, 7) is 0.00570. The predicted molar refractivity (Wildman–Crippen MR) is 138 cm³/mol. The van der Waals surface area contributed by atoms with Gasteiger partial charge in [0.1, 0.15) is 17.4 Å². The lowest BCUT2D eigenvalue weighted by Crippen LogP contribution is -2.41. The van der Waals surface area contributed by atoms with Crippen molar-refractivity contribution in [3.63, 3.8) is 0 Å². The number of methoxy groups -OCH3 is 1. The first kappa shape index (κ1) is 25.8. The molecule has 0 aliphatic carbocycles. The molecule has 0 unspecified atom stereocenters. The topological polar surface area (TPSA) is 106 Å². The van der Waals surface area contributed by atoms with Crippen LogP contribution < -0.4 is 15.0 Å². The number of fused-ring (bicyclic) bond motifs is 1. The van der Waals surface area contributed by atoms with Crippen LogP contribution in [-0.2, 0) is 23.2 Å². The van der Waals surface area contributed by atoms with E-state index in [0.29, 0.717) is 11.3 Å². The van der Waals surface area contributed by atoms with Gasteiger partial charge in [-0.05, 0) is 41.5 Å². The molecule has 0 amide bonds. The number of aromatic nitrogens is 3. The summed E-state index contributed by atoms with van der Waals surface area (Å²) in [7, 11) is -2.62. The lowest BCUT2D eigenvalue weighted by atomic mass is 10.0. The highest BCUT2D eigenvalue weighted by atomic mass is 35.5. The zero-order valence-electron chi connectivity index (χ0n) is 19.9. The van der Waals surface area contributed by atoms with E-state index in [2.05, 4.69) is 14.7 Å². The minimum atomic E-state index is -3.98. The largest absolute Gasteiger partial charge is 0.495 e. The van der Waals surface area contributed by atoms with Gasteiger partial charge in [-0.1, -0.05) is 17.7 Å². The molecule has 38 heavy (non-hydrogen) atoms. The fraction of sp³-hybridized carbons (Fsp3) is 0.160. The van der Waals surface area contributed by atoms with Gasteiger partial charge in [-0.3, -0.25) is 9.36 Å². The van der Waals surface area contributed by atoms with E-state index in [1.54, 1.807) is 12.1 Å². The molecule has 2 aromatic heterocycles. The number of benzene rings is 2. The number of ether oxygens (including phenoxy) is 1. The molecule has 13 heteroatoms. The van der Waals surface area contributed by atoms with Crippen LogP contribution in [0.5, 0.6) is 5.75 Å². The Morgan fingerprint density at radius 2 is 1.84 bits per heavy atom. The summed E-state index contributed by atoms with van der Waals surface area (Å²) in [6, 6.07) is 10.5. The number of nitrogens with zero attached hydrogens (tertiary/aromatic N) is 4. The fourth-order valence-electron chi connectivity index (χ4n) is 4.35. The normalized spacial score (nSPS) is 13.7. The van der Waals surface area contributed by atoms with Crippen molar-refractivity contribution in [2.24, 2.45) is 0 Å². The van der Waals surface area contributed by atoms with Crippen molar-refractivity contribution >= 4 is 27.8 Å². The van der Waals surface area contributed by atoms with Crippen molar-refractivity contribution in [3.8, 4) is 22.6 Å². The Kier molecular flexibility index (Phi) is 6.86. The maximum absolute atomic E-state index is 15.3. The molecule has 0 bridgehead atoms. The second-order valence-corrected chi connectivity index (χ2v) is 10.5. The van der Waals surface area contributed by atoms with E-state index in [-0.39, 0.29) is 53.0 Å². The van der Waals surface area contributed by atoms with Crippen molar-refractivity contribution in [3.05, 3.63) is 99.2 Å². The Morgan fingerprint density at radius 3 is 2.55 bits per heavy atom. The Balaban J connectivity index is 1.54. The zero-order valence-corrected chi connectivity index (χ0v) is 21.4. The highest BCUT2D eigenvalue weighted by Gasteiger charge is 2.30. The number of nitrogens with one attached hydrogen (secondary N) is 1. The smallest absolute Gasteiger partial charge is 0.304 e. The van der Waals surface area contributed by atoms with Crippen LogP contribution in [0.1, 0.15) is 11.3 Å². The molecule has 0 fully saturated rings. The molecular weight excluding hydrogens is 540 g/mol. The Hall–Kier alpha value is -3.87. The monoisotopic (exact) mass is 559 g/mol. The Labute approximate surface area is 221 Å². The maximum Gasteiger partial charge on any atom is 0.304 e. The minimum Gasteiger partial charge on any atom is -0.495 e. The first-order valence-electron chi connectivity index (χ1n) is 11.3. The molecule has 1 aliphatic heterocycles. The van der Waals surface area contributed by atoms with Gasteiger partial charge in [0.2, 0.25) is 5.95 Å². The lowest BCUT2D eigenvalue weighted by molar-refractivity contribution is 0.385. The van der Waals surface area contributed by atoms with Gasteiger partial charge in [-0.25, -0.2) is 23.5 Å². The number of rotatable bonds is 6. The van der Waals surface area contributed by atoms with Gasteiger partial charge >= 0.3 is 10.2 Å². The Morgan fingerprint density at radius 1 is 1.08 bits per heavy atom. The third kappa shape index (κ3) is 4.97. The highest BCUT2D eigenvalue weighted by molar-refractivity contribution is 7.90. The molecular formula is C25H20ClF2N5O4S. The van der Waals surface area contributed by atoms with Crippen LogP contribution in [0, 0.1) is 11.6 Å². The van der Waals surface area contributed by atoms with Crippen LogP contribution in [0.15, 0.2) is 65.7 Å². The molecule has 0 spiro atoms. The molecule has 1 aliphatic rings. The molecule has 1 N–H and O–H groups in total. The van der Waals surface area contributed by atoms with Gasteiger partial charge in [0, 0.05) is 60.3 Å². The predicted octanol–water partition coefficient (Wildman–Crippen LogP) is 3.95. The van der Waals surface area contributed by atoms with Crippen molar-refractivity contribution in [2.45, 2.75) is 13.0 Å². The summed E-state index contributed by atoms with van der Waals surface area (Å²) in [5, 5.41) is 0.101. The van der Waals surface area contributed by atoms with E-state index in [4.69, 9.17) is 16.3 Å². The third-order valence-corrected chi connectivity index (χ3v) is 7.69. The van der Waals surface area contributed by atoms with E-state index in [9.17, 15) is 17.6 Å². The van der Waals surface area contributed by atoms with E-state index in [1.807, 2.05) is 0 Å². The molecule has 2 aromatic carbocycles. The van der Waals surface area contributed by atoms with Gasteiger partial charge < -0.3 is 4.74 Å². The summed E-state index contributed by atoms with van der Waals surface area (Å²) >= 11 is 5.95. The van der Waals surface area contributed by atoms with Crippen molar-refractivity contribution < 1.29 is 21.9 Å². The summed E-state index contributed by atoms with van der Waals surface area (Å²) < 4.78 is 65.4. The van der Waals surface area contributed by atoms with Crippen LogP contribution >= 0.6 is 11.6 Å². The molecule has 0 saturated heterocycles. The van der Waals surface area contributed by atoms with Gasteiger partial charge in [0.05, 0.1) is 12.8 Å².